The van der Waals surface area contributed by atoms with Crippen molar-refractivity contribution in [2.75, 3.05) is 25.1 Å². The molecule has 0 aromatic carbocycles. The monoisotopic (exact) mass is 511 g/mol. The highest BCUT2D eigenvalue weighted by atomic mass is 32.2. The number of H-pyrrole nitrogens is 1. The number of aliphatic carboxylic acids is 1. The Hall–Kier alpha value is -2.64. The Bertz CT molecular complexity index is 838. The van der Waals surface area contributed by atoms with Crippen molar-refractivity contribution >= 4 is 35.5 Å². The fraction of sp³-hybridized carbons (Fsp3) is 0.682. The molecular weight excluding hydrogens is 474 g/mol. The number of aromatic nitrogens is 2. The molecule has 1 aliphatic rings. The predicted molar refractivity (Wildman–Crippen MR) is 132 cm³/mol. The Morgan fingerprint density at radius 2 is 2.03 bits per heavy atom. The number of rotatable bonds is 15. The maximum Gasteiger partial charge on any atom is 0.326 e. The molecule has 196 valence electrons. The number of nitrogens with zero attached hydrogens (tertiary/aromatic N) is 2. The Labute approximate surface area is 209 Å². The van der Waals surface area contributed by atoms with Crippen LogP contribution < -0.4 is 22.1 Å². The normalized spacial score (nSPS) is 18.0. The summed E-state index contributed by atoms with van der Waals surface area (Å²) in [7, 11) is 0. The quantitative estimate of drug-likeness (QED) is 0.163. The second-order valence-electron chi connectivity index (χ2n) is 8.60. The molecule has 1 aliphatic heterocycles. The van der Waals surface area contributed by atoms with Crippen LogP contribution in [-0.2, 0) is 25.6 Å². The van der Waals surface area contributed by atoms with Gasteiger partial charge in [0.25, 0.3) is 0 Å². The largest absolute Gasteiger partial charge is 0.480 e. The Morgan fingerprint density at radius 1 is 1.26 bits per heavy atom. The number of thioether (sulfide) groups is 1. The maximum absolute atomic E-state index is 13.2. The van der Waals surface area contributed by atoms with E-state index in [-0.39, 0.29) is 18.7 Å². The first-order chi connectivity index (χ1) is 16.8. The summed E-state index contributed by atoms with van der Waals surface area (Å²) in [6.45, 7) is 0.935. The topological polar surface area (TPSA) is 197 Å². The van der Waals surface area contributed by atoms with Crippen molar-refractivity contribution in [2.45, 2.75) is 69.1 Å². The van der Waals surface area contributed by atoms with Crippen molar-refractivity contribution in [1.82, 2.24) is 25.5 Å². The summed E-state index contributed by atoms with van der Waals surface area (Å²) in [6.07, 6.45) is 8.24. The van der Waals surface area contributed by atoms with Crippen LogP contribution in [0.15, 0.2) is 12.5 Å². The summed E-state index contributed by atoms with van der Waals surface area (Å²) in [5, 5.41) is 14.7. The number of amides is 3. The van der Waals surface area contributed by atoms with E-state index >= 15 is 0 Å². The zero-order valence-electron chi connectivity index (χ0n) is 20.1. The van der Waals surface area contributed by atoms with E-state index in [1.807, 2.05) is 6.26 Å². The maximum atomic E-state index is 13.2. The lowest BCUT2D eigenvalue weighted by Crippen LogP contribution is -2.57. The second kappa shape index (κ2) is 14.7. The molecule has 0 radical (unpaired) electrons. The zero-order chi connectivity index (χ0) is 25.8. The van der Waals surface area contributed by atoms with E-state index in [0.717, 1.165) is 12.8 Å². The van der Waals surface area contributed by atoms with Crippen molar-refractivity contribution in [3.05, 3.63) is 18.2 Å². The van der Waals surface area contributed by atoms with E-state index in [1.165, 1.54) is 29.2 Å². The van der Waals surface area contributed by atoms with Crippen LogP contribution in [0, 0.1) is 0 Å². The van der Waals surface area contributed by atoms with Gasteiger partial charge in [0, 0.05) is 24.9 Å². The van der Waals surface area contributed by atoms with Crippen LogP contribution in [0.5, 0.6) is 0 Å². The summed E-state index contributed by atoms with van der Waals surface area (Å²) in [6, 6.07) is -3.58. The van der Waals surface area contributed by atoms with Crippen LogP contribution in [0.1, 0.15) is 44.2 Å². The molecule has 2 rings (SSSR count). The number of carbonyl (C=O) groups is 4. The first kappa shape index (κ1) is 28.6. The second-order valence-corrected chi connectivity index (χ2v) is 9.59. The molecule has 8 N–H and O–H groups in total. The van der Waals surface area contributed by atoms with Crippen molar-refractivity contribution in [1.29, 1.82) is 0 Å². The van der Waals surface area contributed by atoms with E-state index < -0.39 is 42.0 Å². The molecule has 35 heavy (non-hydrogen) atoms. The number of hydrogen-bond acceptors (Lipinski definition) is 8. The highest BCUT2D eigenvalue weighted by Crippen LogP contribution is 2.20. The SMILES string of the molecule is CSCCC(NC(=O)C(Cc1cnc[nH]1)NC(=O)C1CCCN1C(=O)C(N)CCCCN)C(=O)O. The third-order valence-electron chi connectivity index (χ3n) is 5.96. The first-order valence-electron chi connectivity index (χ1n) is 11.8. The molecule has 0 aliphatic carbocycles. The number of likely N-dealkylation sites (tertiary alicyclic amines) is 1. The minimum atomic E-state index is -1.14. The fourth-order valence-corrected chi connectivity index (χ4v) is 4.48. The van der Waals surface area contributed by atoms with E-state index in [4.69, 9.17) is 11.5 Å². The van der Waals surface area contributed by atoms with Gasteiger partial charge in [0.1, 0.15) is 18.1 Å². The van der Waals surface area contributed by atoms with Crippen LogP contribution in [-0.4, -0.2) is 92.9 Å². The molecule has 0 bridgehead atoms. The van der Waals surface area contributed by atoms with Crippen molar-refractivity contribution < 1.29 is 24.3 Å². The summed E-state index contributed by atoms with van der Waals surface area (Å²) in [4.78, 5) is 59.0. The van der Waals surface area contributed by atoms with Crippen molar-refractivity contribution in [2.24, 2.45) is 11.5 Å². The summed E-state index contributed by atoms with van der Waals surface area (Å²) in [5.74, 6) is -1.97. The predicted octanol–water partition coefficient (Wildman–Crippen LogP) is -0.793. The lowest BCUT2D eigenvalue weighted by molar-refractivity contribution is -0.143. The molecule has 13 heteroatoms. The third-order valence-corrected chi connectivity index (χ3v) is 6.61. The van der Waals surface area contributed by atoms with Gasteiger partial charge in [-0.05, 0) is 50.7 Å². The lowest BCUT2D eigenvalue weighted by Gasteiger charge is -2.28. The van der Waals surface area contributed by atoms with Gasteiger partial charge in [0.2, 0.25) is 17.7 Å². The van der Waals surface area contributed by atoms with E-state index in [2.05, 4.69) is 20.6 Å². The van der Waals surface area contributed by atoms with Gasteiger partial charge in [-0.15, -0.1) is 0 Å². The van der Waals surface area contributed by atoms with Crippen molar-refractivity contribution in [3.63, 3.8) is 0 Å². The minimum Gasteiger partial charge on any atom is -0.480 e. The number of carboxylic acid groups (broad SMARTS) is 1. The fourth-order valence-electron chi connectivity index (χ4n) is 4.01. The Balaban J connectivity index is 2.10. The van der Waals surface area contributed by atoms with Gasteiger partial charge in [0.05, 0.1) is 12.4 Å². The van der Waals surface area contributed by atoms with Gasteiger partial charge in [-0.3, -0.25) is 14.4 Å². The molecule has 0 spiro atoms. The smallest absolute Gasteiger partial charge is 0.326 e. The molecule has 12 nitrogen and oxygen atoms in total. The Morgan fingerprint density at radius 3 is 2.66 bits per heavy atom. The number of aromatic amines is 1. The number of imidazole rings is 1. The molecule has 1 fully saturated rings. The number of carbonyl (C=O) groups excluding carboxylic acids is 3. The summed E-state index contributed by atoms with van der Waals surface area (Å²) in [5.41, 5.74) is 12.2. The van der Waals surface area contributed by atoms with Gasteiger partial charge in [-0.1, -0.05) is 6.42 Å². The molecule has 2 heterocycles. The van der Waals surface area contributed by atoms with Gasteiger partial charge in [-0.25, -0.2) is 9.78 Å². The van der Waals surface area contributed by atoms with Crippen LogP contribution in [0.2, 0.25) is 0 Å². The van der Waals surface area contributed by atoms with E-state index in [1.54, 1.807) is 0 Å². The molecular formula is C22H37N7O5S. The van der Waals surface area contributed by atoms with E-state index in [9.17, 15) is 24.3 Å². The molecule has 4 atom stereocenters. The highest BCUT2D eigenvalue weighted by Gasteiger charge is 2.38. The van der Waals surface area contributed by atoms with Gasteiger partial charge >= 0.3 is 5.97 Å². The number of unbranched alkanes of at least 4 members (excludes halogenated alkanes) is 1. The van der Waals surface area contributed by atoms with Crippen LogP contribution in [0.4, 0.5) is 0 Å². The molecule has 1 saturated heterocycles. The van der Waals surface area contributed by atoms with Gasteiger partial charge in [0.15, 0.2) is 0 Å². The van der Waals surface area contributed by atoms with Crippen molar-refractivity contribution in [3.8, 4) is 0 Å². The zero-order valence-corrected chi connectivity index (χ0v) is 20.9. The lowest BCUT2D eigenvalue weighted by atomic mass is 10.1. The van der Waals surface area contributed by atoms with Crippen LogP contribution in [0.25, 0.3) is 0 Å². The first-order valence-corrected chi connectivity index (χ1v) is 13.2. The summed E-state index contributed by atoms with van der Waals surface area (Å²) < 4.78 is 0. The Kier molecular flexibility index (Phi) is 12.0. The average Bonchev–Trinajstić information content (AvgIpc) is 3.52. The number of hydrogen-bond donors (Lipinski definition) is 6. The van der Waals surface area contributed by atoms with Gasteiger partial charge < -0.3 is 37.1 Å². The molecule has 3 amide bonds. The minimum absolute atomic E-state index is 0.0890. The number of nitrogens with two attached hydrogens (primary N) is 2. The molecule has 0 saturated carbocycles. The van der Waals surface area contributed by atoms with Crippen LogP contribution >= 0.6 is 11.8 Å². The van der Waals surface area contributed by atoms with E-state index in [0.29, 0.717) is 43.8 Å². The molecule has 4 unspecified atom stereocenters. The standard InChI is InChI=1S/C22H37N7O5S/c1-35-10-7-16(22(33)34)27-19(30)17(11-14-12-25-13-26-14)28-20(31)18-6-4-9-29(18)21(32)15(24)5-2-3-8-23/h12-13,15-18H,2-11,23-24H2,1H3,(H,25,26)(H,27,30)(H,28,31)(H,33,34). The number of carboxylic acids is 1. The van der Waals surface area contributed by atoms with Crippen LogP contribution in [0.3, 0.4) is 0 Å². The third kappa shape index (κ3) is 8.82. The molecule has 1 aromatic heterocycles. The average molecular weight is 512 g/mol. The van der Waals surface area contributed by atoms with Gasteiger partial charge in [-0.2, -0.15) is 11.8 Å². The summed E-state index contributed by atoms with van der Waals surface area (Å²) >= 11 is 1.47. The molecule has 1 aromatic rings. The highest BCUT2D eigenvalue weighted by molar-refractivity contribution is 7.98. The number of nitrogens with one attached hydrogen (secondary N) is 3.